The monoisotopic (exact) mass is 384 g/mol. The van der Waals surface area contributed by atoms with Crippen LogP contribution < -0.4 is 10.6 Å². The lowest BCUT2D eigenvalue weighted by atomic mass is 10.0. The van der Waals surface area contributed by atoms with Crippen LogP contribution in [0.1, 0.15) is 29.5 Å². The van der Waals surface area contributed by atoms with Crippen molar-refractivity contribution in [3.05, 3.63) is 71.0 Å². The van der Waals surface area contributed by atoms with E-state index in [2.05, 4.69) is 50.9 Å². The minimum absolute atomic E-state index is 0.297. The van der Waals surface area contributed by atoms with Gasteiger partial charge in [0.1, 0.15) is 5.82 Å². The van der Waals surface area contributed by atoms with E-state index in [9.17, 15) is 9.50 Å². The van der Waals surface area contributed by atoms with Crippen molar-refractivity contribution in [3.8, 4) is 0 Å². The Balaban J connectivity index is 1.44. The summed E-state index contributed by atoms with van der Waals surface area (Å²) in [5.41, 5.74) is 2.58. The number of guanidine groups is 1. The zero-order valence-electron chi connectivity index (χ0n) is 16.4. The quantitative estimate of drug-likeness (QED) is 0.529. The number of benzene rings is 2. The zero-order valence-corrected chi connectivity index (χ0v) is 16.4. The first kappa shape index (κ1) is 20.3. The first-order chi connectivity index (χ1) is 13.7. The van der Waals surface area contributed by atoms with Crippen molar-refractivity contribution in [2.45, 2.75) is 38.6 Å². The van der Waals surface area contributed by atoms with Crippen LogP contribution in [-0.4, -0.2) is 42.1 Å². The molecule has 1 aliphatic heterocycles. The van der Waals surface area contributed by atoms with Gasteiger partial charge in [-0.1, -0.05) is 36.4 Å². The number of aliphatic hydroxyl groups excluding tert-OH is 1. The van der Waals surface area contributed by atoms with Gasteiger partial charge in [-0.2, -0.15) is 0 Å². The molecule has 150 valence electrons. The SMILES string of the molecule is CN=C(NCc1ccc(F)c(CO)c1)NC1CCN(Cc2ccccc2)CC1. The number of halogens is 1. The van der Waals surface area contributed by atoms with E-state index in [-0.39, 0.29) is 12.4 Å². The van der Waals surface area contributed by atoms with E-state index >= 15 is 0 Å². The topological polar surface area (TPSA) is 59.9 Å². The molecule has 1 heterocycles. The summed E-state index contributed by atoms with van der Waals surface area (Å²) in [6, 6.07) is 15.7. The maximum Gasteiger partial charge on any atom is 0.191 e. The van der Waals surface area contributed by atoms with Crippen molar-refractivity contribution in [1.82, 2.24) is 15.5 Å². The summed E-state index contributed by atoms with van der Waals surface area (Å²) in [4.78, 5) is 6.79. The standard InChI is InChI=1S/C22H29FN4O/c1-24-22(25-14-18-7-8-21(23)19(13-18)16-28)26-20-9-11-27(12-10-20)15-17-5-3-2-4-6-17/h2-8,13,20,28H,9-12,14-16H2,1H3,(H2,24,25,26). The van der Waals surface area contributed by atoms with E-state index in [0.717, 1.165) is 44.0 Å². The molecular weight excluding hydrogens is 355 g/mol. The van der Waals surface area contributed by atoms with Gasteiger partial charge in [-0.15, -0.1) is 0 Å². The summed E-state index contributed by atoms with van der Waals surface area (Å²) in [5, 5.41) is 16.0. The van der Waals surface area contributed by atoms with E-state index in [1.165, 1.54) is 11.6 Å². The van der Waals surface area contributed by atoms with Crippen molar-refractivity contribution < 1.29 is 9.50 Å². The molecule has 28 heavy (non-hydrogen) atoms. The highest BCUT2D eigenvalue weighted by Gasteiger charge is 2.20. The van der Waals surface area contributed by atoms with Crippen LogP contribution in [-0.2, 0) is 19.7 Å². The number of aliphatic imine (C=N–C) groups is 1. The van der Waals surface area contributed by atoms with Gasteiger partial charge in [-0.3, -0.25) is 9.89 Å². The average molecular weight is 384 g/mol. The maximum absolute atomic E-state index is 13.5. The average Bonchev–Trinajstić information content (AvgIpc) is 2.74. The predicted octanol–water partition coefficient (Wildman–Crippen LogP) is 2.65. The lowest BCUT2D eigenvalue weighted by Gasteiger charge is -2.33. The van der Waals surface area contributed by atoms with E-state index in [0.29, 0.717) is 18.2 Å². The molecule has 0 bridgehead atoms. The molecule has 0 amide bonds. The second-order valence-electron chi connectivity index (χ2n) is 7.19. The Morgan fingerprint density at radius 1 is 1.14 bits per heavy atom. The molecule has 0 atom stereocenters. The molecule has 2 aromatic carbocycles. The first-order valence-electron chi connectivity index (χ1n) is 9.79. The van der Waals surface area contributed by atoms with Gasteiger partial charge in [0.15, 0.2) is 5.96 Å². The molecule has 0 spiro atoms. The third kappa shape index (κ3) is 5.78. The van der Waals surface area contributed by atoms with Crippen LogP contribution in [0.3, 0.4) is 0 Å². The molecule has 0 unspecified atom stereocenters. The molecule has 0 radical (unpaired) electrons. The zero-order chi connectivity index (χ0) is 19.8. The molecule has 0 saturated carbocycles. The fraction of sp³-hybridized carbons (Fsp3) is 0.409. The van der Waals surface area contributed by atoms with Gasteiger partial charge >= 0.3 is 0 Å². The van der Waals surface area contributed by atoms with Gasteiger partial charge in [-0.25, -0.2) is 4.39 Å². The number of hydrogen-bond donors (Lipinski definition) is 3. The van der Waals surface area contributed by atoms with Crippen LogP contribution in [0.4, 0.5) is 4.39 Å². The molecule has 1 saturated heterocycles. The molecule has 3 N–H and O–H groups in total. The lowest BCUT2D eigenvalue weighted by Crippen LogP contribution is -2.48. The molecule has 0 aliphatic carbocycles. The molecule has 3 rings (SSSR count). The lowest BCUT2D eigenvalue weighted by molar-refractivity contribution is 0.198. The number of nitrogens with one attached hydrogen (secondary N) is 2. The van der Waals surface area contributed by atoms with Gasteiger partial charge in [0, 0.05) is 44.8 Å². The highest BCUT2D eigenvalue weighted by molar-refractivity contribution is 5.79. The van der Waals surface area contributed by atoms with E-state index in [4.69, 9.17) is 0 Å². The summed E-state index contributed by atoms with van der Waals surface area (Å²) >= 11 is 0. The summed E-state index contributed by atoms with van der Waals surface area (Å²) in [6.45, 7) is 3.34. The van der Waals surface area contributed by atoms with Gasteiger partial charge in [0.05, 0.1) is 6.61 Å². The summed E-state index contributed by atoms with van der Waals surface area (Å²) in [7, 11) is 1.75. The highest BCUT2D eigenvalue weighted by Crippen LogP contribution is 2.14. The fourth-order valence-electron chi connectivity index (χ4n) is 3.51. The van der Waals surface area contributed by atoms with E-state index in [1.807, 2.05) is 0 Å². The van der Waals surface area contributed by atoms with Crippen LogP contribution >= 0.6 is 0 Å². The summed E-state index contributed by atoms with van der Waals surface area (Å²) < 4.78 is 13.5. The number of rotatable bonds is 6. The molecule has 1 aliphatic rings. The number of hydrogen-bond acceptors (Lipinski definition) is 3. The first-order valence-corrected chi connectivity index (χ1v) is 9.79. The van der Waals surface area contributed by atoms with Gasteiger partial charge < -0.3 is 15.7 Å². The molecule has 6 heteroatoms. The Hall–Kier alpha value is -2.44. The third-order valence-corrected chi connectivity index (χ3v) is 5.14. The Morgan fingerprint density at radius 2 is 1.89 bits per heavy atom. The Kier molecular flexibility index (Phi) is 7.39. The molecule has 1 fully saturated rings. The van der Waals surface area contributed by atoms with Crippen molar-refractivity contribution in [2.75, 3.05) is 20.1 Å². The fourth-order valence-corrected chi connectivity index (χ4v) is 3.51. The largest absolute Gasteiger partial charge is 0.392 e. The third-order valence-electron chi connectivity index (χ3n) is 5.14. The van der Waals surface area contributed by atoms with Crippen LogP contribution in [0.5, 0.6) is 0 Å². The minimum atomic E-state index is -0.379. The van der Waals surface area contributed by atoms with Crippen molar-refractivity contribution >= 4 is 5.96 Å². The normalized spacial score (nSPS) is 16.2. The van der Waals surface area contributed by atoms with Crippen LogP contribution in [0.15, 0.2) is 53.5 Å². The smallest absolute Gasteiger partial charge is 0.191 e. The molecular formula is C22H29FN4O. The molecule has 5 nitrogen and oxygen atoms in total. The minimum Gasteiger partial charge on any atom is -0.392 e. The number of aliphatic hydroxyl groups is 1. The number of piperidine rings is 1. The second kappa shape index (κ2) is 10.2. The summed E-state index contributed by atoms with van der Waals surface area (Å²) in [5.74, 6) is 0.368. The van der Waals surface area contributed by atoms with Crippen LogP contribution in [0, 0.1) is 5.82 Å². The Bertz CT molecular complexity index is 773. The number of nitrogens with zero attached hydrogens (tertiary/aromatic N) is 2. The van der Waals surface area contributed by atoms with Crippen molar-refractivity contribution in [1.29, 1.82) is 0 Å². The van der Waals surface area contributed by atoms with E-state index < -0.39 is 0 Å². The second-order valence-corrected chi connectivity index (χ2v) is 7.19. The van der Waals surface area contributed by atoms with Gasteiger partial charge in [-0.05, 0) is 36.1 Å². The highest BCUT2D eigenvalue weighted by atomic mass is 19.1. The summed E-state index contributed by atoms with van der Waals surface area (Å²) in [6.07, 6.45) is 2.14. The van der Waals surface area contributed by atoms with Gasteiger partial charge in [0.2, 0.25) is 0 Å². The number of likely N-dealkylation sites (tertiary alicyclic amines) is 1. The Morgan fingerprint density at radius 3 is 2.57 bits per heavy atom. The van der Waals surface area contributed by atoms with Crippen LogP contribution in [0.25, 0.3) is 0 Å². The van der Waals surface area contributed by atoms with Gasteiger partial charge in [0.25, 0.3) is 0 Å². The maximum atomic E-state index is 13.5. The van der Waals surface area contributed by atoms with E-state index in [1.54, 1.807) is 19.2 Å². The molecule has 0 aromatic heterocycles. The van der Waals surface area contributed by atoms with Crippen molar-refractivity contribution in [3.63, 3.8) is 0 Å². The Labute approximate surface area is 166 Å². The van der Waals surface area contributed by atoms with Crippen molar-refractivity contribution in [2.24, 2.45) is 4.99 Å². The molecule has 2 aromatic rings. The van der Waals surface area contributed by atoms with Crippen LogP contribution in [0.2, 0.25) is 0 Å². The predicted molar refractivity (Wildman–Crippen MR) is 110 cm³/mol.